The highest BCUT2D eigenvalue weighted by molar-refractivity contribution is 5.78. The first kappa shape index (κ1) is 14.7. The first-order valence-electron chi connectivity index (χ1n) is 8.04. The van der Waals surface area contributed by atoms with Crippen LogP contribution in [0.25, 0.3) is 11.0 Å². The summed E-state index contributed by atoms with van der Waals surface area (Å²) in [6, 6.07) is 16.1. The Hall–Kier alpha value is -2.86. The fourth-order valence-corrected chi connectivity index (χ4v) is 3.03. The number of rotatable bonds is 5. The van der Waals surface area contributed by atoms with E-state index in [4.69, 9.17) is 4.98 Å². The lowest BCUT2D eigenvalue weighted by atomic mass is 10.2. The lowest BCUT2D eigenvalue weighted by molar-refractivity contribution is -0.117. The van der Waals surface area contributed by atoms with Crippen molar-refractivity contribution in [1.82, 2.24) is 15.1 Å². The lowest BCUT2D eigenvalue weighted by Gasteiger charge is -2.18. The average molecular weight is 321 g/mol. The standard InChI is InChI=1S/C18H19N5O/c1-13(24)10-11-22-16-8-4-2-6-14(16)19-18(22)12-23-17-9-5-3-7-15(17)20-21-23/h2-9,20-21H,10-12H2,1H3. The Balaban J connectivity index is 1.69. The Morgan fingerprint density at radius 1 is 1.12 bits per heavy atom. The second-order valence-corrected chi connectivity index (χ2v) is 5.96. The molecule has 0 aliphatic carbocycles. The minimum Gasteiger partial charge on any atom is -0.326 e. The first-order chi connectivity index (χ1) is 11.7. The molecule has 2 aromatic carbocycles. The molecule has 3 aromatic rings. The minimum absolute atomic E-state index is 0.185. The fourth-order valence-electron chi connectivity index (χ4n) is 3.03. The van der Waals surface area contributed by atoms with Gasteiger partial charge in [-0.3, -0.25) is 9.80 Å². The van der Waals surface area contributed by atoms with Crippen LogP contribution in [0.5, 0.6) is 0 Å². The maximum Gasteiger partial charge on any atom is 0.131 e. The number of hydrazine groups is 2. The second kappa shape index (κ2) is 5.98. The van der Waals surface area contributed by atoms with Gasteiger partial charge in [-0.1, -0.05) is 24.3 Å². The third kappa shape index (κ3) is 2.61. The Labute approximate surface area is 140 Å². The minimum atomic E-state index is 0.185. The van der Waals surface area contributed by atoms with Crippen molar-refractivity contribution in [1.29, 1.82) is 0 Å². The van der Waals surface area contributed by atoms with Gasteiger partial charge < -0.3 is 9.99 Å². The molecule has 2 N–H and O–H groups in total. The van der Waals surface area contributed by atoms with Gasteiger partial charge in [0.1, 0.15) is 11.6 Å². The van der Waals surface area contributed by atoms with Crippen LogP contribution in [0, 0.1) is 0 Å². The third-order valence-electron chi connectivity index (χ3n) is 4.24. The van der Waals surface area contributed by atoms with Crippen LogP contribution in [-0.2, 0) is 17.9 Å². The summed E-state index contributed by atoms with van der Waals surface area (Å²) in [6.07, 6.45) is 0.510. The van der Waals surface area contributed by atoms with Crippen molar-refractivity contribution in [2.75, 3.05) is 10.4 Å². The quantitative estimate of drug-likeness (QED) is 0.756. The molecule has 6 heteroatoms. The molecule has 0 amide bonds. The summed E-state index contributed by atoms with van der Waals surface area (Å²) in [5, 5.41) is 2.03. The number of hydrogen-bond acceptors (Lipinski definition) is 5. The van der Waals surface area contributed by atoms with Crippen LogP contribution in [0.1, 0.15) is 19.2 Å². The molecule has 122 valence electrons. The van der Waals surface area contributed by atoms with Crippen LogP contribution in [0.15, 0.2) is 48.5 Å². The number of nitrogens with one attached hydrogen (secondary N) is 2. The third-order valence-corrected chi connectivity index (χ3v) is 4.24. The van der Waals surface area contributed by atoms with Gasteiger partial charge in [-0.15, -0.1) is 5.53 Å². The molecule has 0 spiro atoms. The van der Waals surface area contributed by atoms with Crippen molar-refractivity contribution in [3.05, 3.63) is 54.4 Å². The van der Waals surface area contributed by atoms with Gasteiger partial charge in [-0.2, -0.15) is 0 Å². The number of ketones is 1. The van der Waals surface area contributed by atoms with Crippen LogP contribution < -0.4 is 16.0 Å². The highest BCUT2D eigenvalue weighted by Crippen LogP contribution is 2.29. The molecular weight excluding hydrogens is 302 g/mol. The second-order valence-electron chi connectivity index (χ2n) is 5.96. The summed E-state index contributed by atoms with van der Waals surface area (Å²) in [5.41, 5.74) is 10.5. The summed E-state index contributed by atoms with van der Waals surface area (Å²) in [4.78, 5) is 16.2. The predicted molar refractivity (Wildman–Crippen MR) is 94.4 cm³/mol. The van der Waals surface area contributed by atoms with Crippen molar-refractivity contribution >= 4 is 28.2 Å². The average Bonchev–Trinajstić information content (AvgIpc) is 3.15. The Bertz CT molecular complexity index is 901. The molecule has 0 atom stereocenters. The predicted octanol–water partition coefficient (Wildman–Crippen LogP) is 2.87. The molecule has 1 aliphatic heterocycles. The number of aryl methyl sites for hydroxylation is 1. The van der Waals surface area contributed by atoms with Crippen LogP contribution in [0.4, 0.5) is 11.4 Å². The number of nitrogens with zero attached hydrogens (tertiary/aromatic N) is 3. The van der Waals surface area contributed by atoms with Crippen molar-refractivity contribution < 1.29 is 4.79 Å². The summed E-state index contributed by atoms with van der Waals surface area (Å²) < 4.78 is 2.14. The van der Waals surface area contributed by atoms with E-state index in [0.29, 0.717) is 19.5 Å². The van der Waals surface area contributed by atoms with Gasteiger partial charge in [0, 0.05) is 13.0 Å². The van der Waals surface area contributed by atoms with Gasteiger partial charge in [-0.05, 0) is 31.2 Å². The maximum atomic E-state index is 11.4. The smallest absolute Gasteiger partial charge is 0.131 e. The molecule has 0 saturated carbocycles. The number of benzene rings is 2. The number of anilines is 2. The topological polar surface area (TPSA) is 62.2 Å². The Kier molecular flexibility index (Phi) is 3.66. The monoisotopic (exact) mass is 321 g/mol. The SMILES string of the molecule is CC(=O)CCn1c(CN2NNc3ccccc32)nc2ccccc21. The van der Waals surface area contributed by atoms with Crippen LogP contribution in [0.3, 0.4) is 0 Å². The van der Waals surface area contributed by atoms with Crippen molar-refractivity contribution in [3.63, 3.8) is 0 Å². The van der Waals surface area contributed by atoms with Gasteiger partial charge in [0.2, 0.25) is 0 Å². The van der Waals surface area contributed by atoms with E-state index < -0.39 is 0 Å². The number of carbonyl (C=O) groups is 1. The summed E-state index contributed by atoms with van der Waals surface area (Å²) >= 11 is 0. The largest absolute Gasteiger partial charge is 0.326 e. The number of carbonyl (C=O) groups excluding carboxylic acids is 1. The molecule has 1 aromatic heterocycles. The van der Waals surface area contributed by atoms with E-state index in [9.17, 15) is 4.79 Å². The van der Waals surface area contributed by atoms with Gasteiger partial charge >= 0.3 is 0 Å². The molecule has 0 radical (unpaired) electrons. The molecule has 2 heterocycles. The van der Waals surface area contributed by atoms with E-state index in [2.05, 4.69) is 27.7 Å². The zero-order valence-electron chi connectivity index (χ0n) is 13.5. The zero-order chi connectivity index (χ0) is 16.5. The molecule has 0 saturated heterocycles. The Morgan fingerprint density at radius 2 is 1.92 bits per heavy atom. The van der Waals surface area contributed by atoms with E-state index in [1.165, 1.54) is 0 Å². The van der Waals surface area contributed by atoms with Gasteiger partial charge in [0.25, 0.3) is 0 Å². The molecule has 4 rings (SSSR count). The summed E-state index contributed by atoms with van der Waals surface area (Å²) in [6.45, 7) is 2.88. The Morgan fingerprint density at radius 3 is 2.79 bits per heavy atom. The molecule has 1 aliphatic rings. The molecular formula is C18H19N5O. The summed E-state index contributed by atoms with van der Waals surface area (Å²) in [5.74, 6) is 1.12. The molecule has 0 unspecified atom stereocenters. The number of aromatic nitrogens is 2. The zero-order valence-corrected chi connectivity index (χ0v) is 13.5. The van der Waals surface area contributed by atoms with Gasteiger partial charge in [-0.25, -0.2) is 4.98 Å². The number of hydrogen-bond donors (Lipinski definition) is 2. The van der Waals surface area contributed by atoms with E-state index in [1.807, 2.05) is 41.4 Å². The van der Waals surface area contributed by atoms with Crippen molar-refractivity contribution in [3.8, 4) is 0 Å². The molecule has 24 heavy (non-hydrogen) atoms. The van der Waals surface area contributed by atoms with Crippen LogP contribution in [-0.4, -0.2) is 15.3 Å². The van der Waals surface area contributed by atoms with Crippen LogP contribution in [0.2, 0.25) is 0 Å². The molecule has 0 bridgehead atoms. The molecule has 0 fully saturated rings. The molecule has 6 nitrogen and oxygen atoms in total. The van der Waals surface area contributed by atoms with E-state index in [1.54, 1.807) is 6.92 Å². The van der Waals surface area contributed by atoms with Gasteiger partial charge in [0.05, 0.1) is 29.0 Å². The maximum absolute atomic E-state index is 11.4. The number of Topliss-reactive ketones (excluding diaryl/α,β-unsaturated/α-hetero) is 1. The van der Waals surface area contributed by atoms with E-state index in [0.717, 1.165) is 28.2 Å². The fraction of sp³-hybridized carbons (Fsp3) is 0.222. The highest BCUT2D eigenvalue weighted by Gasteiger charge is 2.21. The van der Waals surface area contributed by atoms with E-state index >= 15 is 0 Å². The number of fused-ring (bicyclic) bond motifs is 2. The number of imidazole rings is 1. The van der Waals surface area contributed by atoms with Gasteiger partial charge in [0.15, 0.2) is 0 Å². The van der Waals surface area contributed by atoms with Crippen molar-refractivity contribution in [2.45, 2.75) is 26.4 Å². The highest BCUT2D eigenvalue weighted by atomic mass is 16.1. The van der Waals surface area contributed by atoms with E-state index in [-0.39, 0.29) is 5.78 Å². The lowest BCUT2D eigenvalue weighted by Crippen LogP contribution is -2.36. The van der Waals surface area contributed by atoms with Crippen molar-refractivity contribution in [2.24, 2.45) is 0 Å². The number of para-hydroxylation sites is 4. The normalized spacial score (nSPS) is 13.1. The summed E-state index contributed by atoms with van der Waals surface area (Å²) in [7, 11) is 0. The first-order valence-corrected chi connectivity index (χ1v) is 8.04. The van der Waals surface area contributed by atoms with Crippen LogP contribution >= 0.6 is 0 Å².